The fraction of sp³-hybridized carbons (Fsp3) is 0.0667. The molecule has 0 unspecified atom stereocenters. The third-order valence-corrected chi connectivity index (χ3v) is 5.77. The van der Waals surface area contributed by atoms with E-state index < -0.39 is 0 Å². The molecule has 0 bridgehead atoms. The first-order chi connectivity index (χ1) is 10.1. The van der Waals surface area contributed by atoms with Crippen LogP contribution in [-0.4, -0.2) is 15.1 Å². The largest absolute Gasteiger partial charge is 0.293 e. The molecular formula is C15H10Cl2OS3. The van der Waals surface area contributed by atoms with Crippen molar-refractivity contribution in [2.75, 3.05) is 5.75 Å². The van der Waals surface area contributed by atoms with Crippen molar-refractivity contribution in [3.05, 3.63) is 64.1 Å². The van der Waals surface area contributed by atoms with E-state index in [-0.39, 0.29) is 11.5 Å². The Balaban J connectivity index is 1.89. The molecule has 0 heterocycles. The summed E-state index contributed by atoms with van der Waals surface area (Å²) >= 11 is 19.8. The molecule has 1 nitrogen and oxygen atoms in total. The highest BCUT2D eigenvalue weighted by molar-refractivity contribution is 8.47. The molecule has 0 radical (unpaired) electrons. The van der Waals surface area contributed by atoms with Gasteiger partial charge in [0.05, 0.1) is 15.8 Å². The van der Waals surface area contributed by atoms with Crippen LogP contribution in [-0.2, 0) is 0 Å². The standard InChI is InChI=1S/C15H10Cl2OS3/c16-12-7-6-10(8-13(12)17)14(18)9-20-15(19)21-11-4-2-1-3-5-11/h1-8H,9H2. The van der Waals surface area contributed by atoms with Crippen LogP contribution < -0.4 is 0 Å². The molecule has 0 N–H and O–H groups in total. The molecule has 6 heteroatoms. The molecule has 0 spiro atoms. The van der Waals surface area contributed by atoms with Crippen LogP contribution >= 0.6 is 58.9 Å². The van der Waals surface area contributed by atoms with Gasteiger partial charge in [0.15, 0.2) is 5.78 Å². The molecule has 108 valence electrons. The number of rotatable bonds is 4. The topological polar surface area (TPSA) is 17.1 Å². The van der Waals surface area contributed by atoms with Crippen molar-refractivity contribution in [3.8, 4) is 0 Å². The molecule has 0 saturated heterocycles. The van der Waals surface area contributed by atoms with E-state index in [1.54, 1.807) is 18.2 Å². The summed E-state index contributed by atoms with van der Waals surface area (Å²) in [6.07, 6.45) is 0. The van der Waals surface area contributed by atoms with Crippen molar-refractivity contribution < 1.29 is 4.79 Å². The highest BCUT2D eigenvalue weighted by Gasteiger charge is 2.10. The van der Waals surface area contributed by atoms with Crippen LogP contribution in [0.4, 0.5) is 0 Å². The monoisotopic (exact) mass is 372 g/mol. The quantitative estimate of drug-likeness (QED) is 0.372. The zero-order chi connectivity index (χ0) is 15.2. The average molecular weight is 373 g/mol. The van der Waals surface area contributed by atoms with Gasteiger partial charge in [0, 0.05) is 10.5 Å². The normalized spacial score (nSPS) is 10.4. The number of benzene rings is 2. The number of thiocarbonyl (C=S) groups is 1. The maximum absolute atomic E-state index is 12.1. The minimum absolute atomic E-state index is 0.0189. The van der Waals surface area contributed by atoms with Gasteiger partial charge in [0.2, 0.25) is 0 Å². The Kier molecular flexibility index (Phi) is 6.58. The zero-order valence-electron chi connectivity index (χ0n) is 10.7. The Labute approximate surface area is 147 Å². The van der Waals surface area contributed by atoms with E-state index in [0.717, 1.165) is 8.42 Å². The SMILES string of the molecule is O=C(CSC(=S)Sc1ccccc1)c1ccc(Cl)c(Cl)c1. The molecule has 0 atom stereocenters. The molecule has 21 heavy (non-hydrogen) atoms. The number of Topliss-reactive ketones (excluding diaryl/α,β-unsaturated/α-hetero) is 1. The number of carbonyl (C=O) groups is 1. The van der Waals surface area contributed by atoms with Crippen molar-refractivity contribution in [2.24, 2.45) is 0 Å². The smallest absolute Gasteiger partial charge is 0.173 e. The minimum atomic E-state index is -0.0189. The van der Waals surface area contributed by atoms with Gasteiger partial charge in [-0.2, -0.15) is 0 Å². The molecule has 0 aliphatic rings. The van der Waals surface area contributed by atoms with Crippen molar-refractivity contribution in [3.63, 3.8) is 0 Å². The number of hydrogen-bond donors (Lipinski definition) is 0. The summed E-state index contributed by atoms with van der Waals surface area (Å²) < 4.78 is 0.717. The van der Waals surface area contributed by atoms with E-state index in [1.807, 2.05) is 30.3 Å². The maximum atomic E-state index is 12.1. The van der Waals surface area contributed by atoms with Gasteiger partial charge in [-0.15, -0.1) is 0 Å². The molecule has 2 aromatic carbocycles. The van der Waals surface area contributed by atoms with Crippen molar-refractivity contribution >= 4 is 68.3 Å². The molecule has 0 amide bonds. The molecule has 2 aromatic rings. The van der Waals surface area contributed by atoms with Crippen LogP contribution in [0, 0.1) is 0 Å². The fourth-order valence-electron chi connectivity index (χ4n) is 1.49. The Morgan fingerprint density at radius 2 is 1.76 bits per heavy atom. The van der Waals surface area contributed by atoms with E-state index in [9.17, 15) is 4.79 Å². The van der Waals surface area contributed by atoms with Crippen LogP contribution in [0.1, 0.15) is 10.4 Å². The van der Waals surface area contributed by atoms with E-state index in [2.05, 4.69) is 0 Å². The molecular weight excluding hydrogens is 363 g/mol. The predicted molar refractivity (Wildman–Crippen MR) is 98.1 cm³/mol. The molecule has 2 rings (SSSR count). The van der Waals surface area contributed by atoms with E-state index in [1.165, 1.54) is 23.5 Å². The van der Waals surface area contributed by atoms with Crippen LogP contribution in [0.25, 0.3) is 0 Å². The van der Waals surface area contributed by atoms with E-state index in [0.29, 0.717) is 15.6 Å². The lowest BCUT2D eigenvalue weighted by Gasteiger charge is -2.04. The summed E-state index contributed by atoms with van der Waals surface area (Å²) in [4.78, 5) is 13.1. The summed E-state index contributed by atoms with van der Waals surface area (Å²) in [6, 6.07) is 14.7. The van der Waals surface area contributed by atoms with Crippen molar-refractivity contribution in [1.29, 1.82) is 0 Å². The lowest BCUT2D eigenvalue weighted by molar-refractivity contribution is 0.102. The second kappa shape index (κ2) is 8.20. The average Bonchev–Trinajstić information content (AvgIpc) is 2.48. The Morgan fingerprint density at radius 1 is 1.05 bits per heavy atom. The summed E-state index contributed by atoms with van der Waals surface area (Å²) in [5, 5.41) is 0.824. The lowest BCUT2D eigenvalue weighted by atomic mass is 10.1. The van der Waals surface area contributed by atoms with Gasteiger partial charge in [0.25, 0.3) is 0 Å². The maximum Gasteiger partial charge on any atom is 0.173 e. The van der Waals surface area contributed by atoms with Crippen molar-refractivity contribution in [1.82, 2.24) is 0 Å². The Bertz CT molecular complexity index is 659. The summed E-state index contributed by atoms with van der Waals surface area (Å²) in [5.74, 6) is 0.269. The summed E-state index contributed by atoms with van der Waals surface area (Å²) in [7, 11) is 0. The number of hydrogen-bond acceptors (Lipinski definition) is 4. The Morgan fingerprint density at radius 3 is 2.43 bits per heavy atom. The van der Waals surface area contributed by atoms with Gasteiger partial charge in [-0.1, -0.05) is 77.1 Å². The van der Waals surface area contributed by atoms with Gasteiger partial charge >= 0.3 is 0 Å². The molecule has 0 aliphatic carbocycles. The highest BCUT2D eigenvalue weighted by atomic mass is 35.5. The third-order valence-electron chi connectivity index (χ3n) is 2.51. The first-order valence-electron chi connectivity index (χ1n) is 5.94. The second-order valence-electron chi connectivity index (χ2n) is 4.01. The van der Waals surface area contributed by atoms with Gasteiger partial charge in [-0.3, -0.25) is 4.79 Å². The third kappa shape index (κ3) is 5.31. The van der Waals surface area contributed by atoms with Crippen LogP contribution in [0.2, 0.25) is 10.0 Å². The Hall–Kier alpha value is -0.520. The van der Waals surface area contributed by atoms with Crippen LogP contribution in [0.15, 0.2) is 53.4 Å². The summed E-state index contributed by atoms with van der Waals surface area (Å²) in [6.45, 7) is 0. The minimum Gasteiger partial charge on any atom is -0.293 e. The van der Waals surface area contributed by atoms with Gasteiger partial charge in [-0.25, -0.2) is 0 Å². The fourth-order valence-corrected chi connectivity index (χ4v) is 3.86. The first kappa shape index (κ1) is 16.8. The lowest BCUT2D eigenvalue weighted by Crippen LogP contribution is -2.03. The zero-order valence-corrected chi connectivity index (χ0v) is 14.7. The van der Waals surface area contributed by atoms with Crippen molar-refractivity contribution in [2.45, 2.75) is 4.90 Å². The van der Waals surface area contributed by atoms with Crippen LogP contribution in [0.3, 0.4) is 0 Å². The predicted octanol–water partition coefficient (Wildman–Crippen LogP) is 5.99. The second-order valence-corrected chi connectivity index (χ2v) is 8.07. The van der Waals surface area contributed by atoms with Gasteiger partial charge < -0.3 is 0 Å². The highest BCUT2D eigenvalue weighted by Crippen LogP contribution is 2.27. The van der Waals surface area contributed by atoms with E-state index >= 15 is 0 Å². The van der Waals surface area contributed by atoms with Gasteiger partial charge in [0.1, 0.15) is 3.53 Å². The number of halogens is 2. The molecule has 0 saturated carbocycles. The molecule has 0 aromatic heterocycles. The molecule has 0 aliphatic heterocycles. The molecule has 0 fully saturated rings. The van der Waals surface area contributed by atoms with Crippen LogP contribution in [0.5, 0.6) is 0 Å². The number of ketones is 1. The first-order valence-corrected chi connectivity index (χ1v) is 8.91. The van der Waals surface area contributed by atoms with E-state index in [4.69, 9.17) is 35.4 Å². The summed E-state index contributed by atoms with van der Waals surface area (Å²) in [5.41, 5.74) is 0.546. The van der Waals surface area contributed by atoms with Gasteiger partial charge in [-0.05, 0) is 30.3 Å². The number of thioether (sulfide) groups is 2. The number of carbonyl (C=O) groups excluding carboxylic acids is 1.